The van der Waals surface area contributed by atoms with Gasteiger partial charge in [-0.3, -0.25) is 4.79 Å². The van der Waals surface area contributed by atoms with E-state index in [0.29, 0.717) is 0 Å². The van der Waals surface area contributed by atoms with E-state index in [0.717, 1.165) is 12.1 Å². The van der Waals surface area contributed by atoms with Crippen molar-refractivity contribution in [3.8, 4) is 17.0 Å². The molecule has 6 nitrogen and oxygen atoms in total. The number of nitrogens with two attached hydrogens (primary N) is 2. The number of halogens is 3. The van der Waals surface area contributed by atoms with Crippen LogP contribution in [0.2, 0.25) is 0 Å². The van der Waals surface area contributed by atoms with Crippen LogP contribution in [-0.2, 0) is 0 Å². The summed E-state index contributed by atoms with van der Waals surface area (Å²) in [6.45, 7) is 0. The molecule has 1 amide bonds. The number of alkyl halides is 3. The molecule has 110 valence electrons. The minimum absolute atomic E-state index is 0.144. The Labute approximate surface area is 116 Å². The molecule has 0 radical (unpaired) electrons. The van der Waals surface area contributed by atoms with Gasteiger partial charge in [-0.15, -0.1) is 13.2 Å². The van der Waals surface area contributed by atoms with Crippen molar-refractivity contribution < 1.29 is 22.7 Å². The van der Waals surface area contributed by atoms with Gasteiger partial charge in [-0.05, 0) is 12.1 Å². The number of nitrogens with zero attached hydrogens (tertiary/aromatic N) is 2. The third-order valence-electron chi connectivity index (χ3n) is 2.40. The van der Waals surface area contributed by atoms with Crippen molar-refractivity contribution in [1.82, 2.24) is 9.97 Å². The van der Waals surface area contributed by atoms with Crippen LogP contribution in [0.15, 0.2) is 30.5 Å². The molecule has 4 N–H and O–H groups in total. The standard InChI is InChI=1S/C12H9F3N4O2/c13-12(14,15)21-7-3-1-2-6(4-7)8-5-18-10(16)9(19-8)11(17)20/h1-5H,(H2,16,18)(H2,17,20). The lowest BCUT2D eigenvalue weighted by atomic mass is 10.1. The zero-order valence-corrected chi connectivity index (χ0v) is 10.4. The zero-order chi connectivity index (χ0) is 15.6. The summed E-state index contributed by atoms with van der Waals surface area (Å²) < 4.78 is 40.3. The second-order valence-corrected chi connectivity index (χ2v) is 3.93. The molecule has 0 aliphatic heterocycles. The normalized spacial score (nSPS) is 11.2. The van der Waals surface area contributed by atoms with Crippen molar-refractivity contribution in [3.63, 3.8) is 0 Å². The van der Waals surface area contributed by atoms with E-state index in [9.17, 15) is 18.0 Å². The third kappa shape index (κ3) is 3.59. The summed E-state index contributed by atoms with van der Waals surface area (Å²) in [6, 6.07) is 5.07. The van der Waals surface area contributed by atoms with Crippen LogP contribution in [-0.4, -0.2) is 22.2 Å². The molecule has 0 saturated heterocycles. The van der Waals surface area contributed by atoms with Crippen LogP contribution in [0.3, 0.4) is 0 Å². The van der Waals surface area contributed by atoms with Crippen molar-refractivity contribution >= 4 is 11.7 Å². The van der Waals surface area contributed by atoms with E-state index in [1.807, 2.05) is 0 Å². The molecule has 1 aromatic heterocycles. The van der Waals surface area contributed by atoms with Gasteiger partial charge in [0, 0.05) is 5.56 Å². The summed E-state index contributed by atoms with van der Waals surface area (Å²) >= 11 is 0. The number of anilines is 1. The second kappa shape index (κ2) is 5.27. The highest BCUT2D eigenvalue weighted by Gasteiger charge is 2.31. The number of ether oxygens (including phenoxy) is 1. The number of hydrogen-bond donors (Lipinski definition) is 2. The molecule has 0 saturated carbocycles. The van der Waals surface area contributed by atoms with E-state index in [1.54, 1.807) is 0 Å². The smallest absolute Gasteiger partial charge is 0.406 e. The molecule has 0 fully saturated rings. The van der Waals surface area contributed by atoms with Crippen molar-refractivity contribution in [2.24, 2.45) is 5.73 Å². The number of primary amides is 1. The summed E-state index contributed by atoms with van der Waals surface area (Å²) in [5.74, 6) is -1.46. The van der Waals surface area contributed by atoms with E-state index in [2.05, 4.69) is 14.7 Å². The Morgan fingerprint density at radius 2 is 2.00 bits per heavy atom. The van der Waals surface area contributed by atoms with E-state index < -0.39 is 18.0 Å². The van der Waals surface area contributed by atoms with Crippen LogP contribution in [0, 0.1) is 0 Å². The first-order chi connectivity index (χ1) is 9.76. The highest BCUT2D eigenvalue weighted by Crippen LogP contribution is 2.27. The Balaban J connectivity index is 2.41. The monoisotopic (exact) mass is 298 g/mol. The molecule has 0 spiro atoms. The maximum absolute atomic E-state index is 12.2. The van der Waals surface area contributed by atoms with Crippen molar-refractivity contribution in [2.45, 2.75) is 6.36 Å². The molecule has 0 unspecified atom stereocenters. The van der Waals surface area contributed by atoms with Crippen LogP contribution >= 0.6 is 0 Å². The Hall–Kier alpha value is -2.84. The van der Waals surface area contributed by atoms with Crippen LogP contribution in [0.5, 0.6) is 5.75 Å². The maximum atomic E-state index is 12.2. The van der Waals surface area contributed by atoms with Crippen LogP contribution in [0.25, 0.3) is 11.3 Å². The lowest BCUT2D eigenvalue weighted by Gasteiger charge is -2.10. The lowest BCUT2D eigenvalue weighted by Crippen LogP contribution is -2.17. The first kappa shape index (κ1) is 14.6. The number of amides is 1. The van der Waals surface area contributed by atoms with Crippen LogP contribution < -0.4 is 16.2 Å². The summed E-state index contributed by atoms with van der Waals surface area (Å²) in [4.78, 5) is 18.7. The zero-order valence-electron chi connectivity index (χ0n) is 10.4. The summed E-state index contributed by atoms with van der Waals surface area (Å²) in [5.41, 5.74) is 10.7. The minimum Gasteiger partial charge on any atom is -0.406 e. The Kier molecular flexibility index (Phi) is 3.66. The van der Waals surface area contributed by atoms with Gasteiger partial charge in [-0.25, -0.2) is 9.97 Å². The average molecular weight is 298 g/mol. The van der Waals surface area contributed by atoms with Crippen molar-refractivity contribution in [3.05, 3.63) is 36.2 Å². The predicted octanol–water partition coefficient (Wildman–Crippen LogP) is 1.72. The second-order valence-electron chi connectivity index (χ2n) is 3.93. The number of nitrogen functional groups attached to an aromatic ring is 1. The van der Waals surface area contributed by atoms with E-state index in [4.69, 9.17) is 11.5 Å². The van der Waals surface area contributed by atoms with Crippen LogP contribution in [0.4, 0.5) is 19.0 Å². The number of carbonyl (C=O) groups excluding carboxylic acids is 1. The number of rotatable bonds is 3. The first-order valence-electron chi connectivity index (χ1n) is 5.55. The molecule has 2 aromatic rings. The molecule has 0 aliphatic rings. The summed E-state index contributed by atoms with van der Waals surface area (Å²) in [6.07, 6.45) is -3.59. The molecule has 0 bridgehead atoms. The SMILES string of the molecule is NC(=O)c1nc(-c2cccc(OC(F)(F)F)c2)cnc1N. The van der Waals surface area contributed by atoms with Gasteiger partial charge in [0.15, 0.2) is 11.5 Å². The lowest BCUT2D eigenvalue weighted by molar-refractivity contribution is -0.274. The molecule has 9 heteroatoms. The topological polar surface area (TPSA) is 104 Å². The van der Waals surface area contributed by atoms with Crippen LogP contribution in [0.1, 0.15) is 10.5 Å². The van der Waals surface area contributed by atoms with E-state index in [1.165, 1.54) is 18.3 Å². The predicted molar refractivity (Wildman–Crippen MR) is 67.1 cm³/mol. The first-order valence-corrected chi connectivity index (χ1v) is 5.55. The summed E-state index contributed by atoms with van der Waals surface area (Å²) in [7, 11) is 0. The van der Waals surface area contributed by atoms with Gasteiger partial charge in [0.25, 0.3) is 5.91 Å². The molecule has 21 heavy (non-hydrogen) atoms. The van der Waals surface area contributed by atoms with Gasteiger partial charge in [-0.1, -0.05) is 12.1 Å². The van der Waals surface area contributed by atoms with Gasteiger partial charge in [0.1, 0.15) is 5.75 Å². The fourth-order valence-corrected chi connectivity index (χ4v) is 1.57. The largest absolute Gasteiger partial charge is 0.573 e. The number of aromatic nitrogens is 2. The molecule has 2 rings (SSSR count). The van der Waals surface area contributed by atoms with Gasteiger partial charge in [-0.2, -0.15) is 0 Å². The van der Waals surface area contributed by atoms with E-state index in [-0.39, 0.29) is 22.8 Å². The number of benzene rings is 1. The number of carbonyl (C=O) groups is 1. The average Bonchev–Trinajstić information content (AvgIpc) is 2.37. The molecule has 1 aromatic carbocycles. The van der Waals surface area contributed by atoms with E-state index >= 15 is 0 Å². The Bertz CT molecular complexity index is 688. The maximum Gasteiger partial charge on any atom is 0.573 e. The fraction of sp³-hybridized carbons (Fsp3) is 0.0833. The highest BCUT2D eigenvalue weighted by molar-refractivity contribution is 5.95. The van der Waals surface area contributed by atoms with Gasteiger partial charge < -0.3 is 16.2 Å². The third-order valence-corrected chi connectivity index (χ3v) is 2.40. The van der Waals surface area contributed by atoms with Gasteiger partial charge in [0.05, 0.1) is 11.9 Å². The molecular weight excluding hydrogens is 289 g/mol. The molecular formula is C12H9F3N4O2. The molecule has 0 aliphatic carbocycles. The minimum atomic E-state index is -4.80. The van der Waals surface area contributed by atoms with Crippen molar-refractivity contribution in [2.75, 3.05) is 5.73 Å². The summed E-state index contributed by atoms with van der Waals surface area (Å²) in [5, 5.41) is 0. The Morgan fingerprint density at radius 1 is 1.29 bits per heavy atom. The highest BCUT2D eigenvalue weighted by atomic mass is 19.4. The number of hydrogen-bond acceptors (Lipinski definition) is 5. The molecule has 1 heterocycles. The van der Waals surface area contributed by atoms with Crippen molar-refractivity contribution in [1.29, 1.82) is 0 Å². The Morgan fingerprint density at radius 3 is 2.62 bits per heavy atom. The van der Waals surface area contributed by atoms with Gasteiger partial charge >= 0.3 is 6.36 Å². The fourth-order valence-electron chi connectivity index (χ4n) is 1.57. The molecule has 0 atom stereocenters. The van der Waals surface area contributed by atoms with Gasteiger partial charge in [0.2, 0.25) is 0 Å². The quantitative estimate of drug-likeness (QED) is 0.897.